The first-order chi connectivity index (χ1) is 15.7. The fraction of sp³-hybridized carbons (Fsp3) is 0.417. The van der Waals surface area contributed by atoms with E-state index >= 15 is 0 Å². The third-order valence-electron chi connectivity index (χ3n) is 6.49. The molecule has 1 amide bonds. The molecule has 1 fully saturated rings. The van der Waals surface area contributed by atoms with E-state index in [4.69, 9.17) is 0 Å². The number of thiophene rings is 1. The van der Waals surface area contributed by atoms with Gasteiger partial charge in [-0.3, -0.25) is 18.6 Å². The van der Waals surface area contributed by atoms with E-state index in [1.54, 1.807) is 4.57 Å². The minimum Gasteiger partial charge on any atom is -0.343 e. The van der Waals surface area contributed by atoms with Crippen molar-refractivity contribution in [2.75, 3.05) is 13.1 Å². The maximum atomic E-state index is 12.9. The Balaban J connectivity index is 1.25. The van der Waals surface area contributed by atoms with Gasteiger partial charge >= 0.3 is 0 Å². The predicted octanol–water partition coefficient (Wildman–Crippen LogP) is 3.54. The van der Waals surface area contributed by atoms with Crippen LogP contribution in [0.4, 0.5) is 0 Å². The molecule has 0 atom stereocenters. The lowest BCUT2D eigenvalue weighted by atomic mass is 9.90. The van der Waals surface area contributed by atoms with E-state index in [-0.39, 0.29) is 11.5 Å². The molecular weight excluding hydrogens is 422 g/mol. The number of amides is 1. The Morgan fingerprint density at radius 3 is 2.66 bits per heavy atom. The number of benzene rings is 1. The smallest absolute Gasteiger partial charge is 0.272 e. The molecule has 1 saturated heterocycles. The minimum absolute atomic E-state index is 0.0293. The Hall–Kier alpha value is -3.00. The third kappa shape index (κ3) is 3.83. The maximum absolute atomic E-state index is 12.9. The van der Waals surface area contributed by atoms with E-state index in [0.29, 0.717) is 35.8 Å². The topological polar surface area (TPSA) is 72.5 Å². The molecule has 0 saturated carbocycles. The second-order valence-corrected chi connectivity index (χ2v) is 9.37. The Kier molecular flexibility index (Phi) is 5.78. The van der Waals surface area contributed by atoms with Crippen molar-refractivity contribution in [3.05, 3.63) is 63.5 Å². The molecule has 5 rings (SSSR count). The molecule has 1 aromatic carbocycles. The number of likely N-dealkylation sites (tertiary alicyclic amines) is 1. The average Bonchev–Trinajstić information content (AvgIpc) is 3.46. The highest BCUT2D eigenvalue weighted by Gasteiger charge is 2.24. The van der Waals surface area contributed by atoms with Crippen molar-refractivity contribution < 1.29 is 4.79 Å². The summed E-state index contributed by atoms with van der Waals surface area (Å²) in [5.74, 6) is 2.09. The quantitative estimate of drug-likeness (QED) is 0.451. The summed E-state index contributed by atoms with van der Waals surface area (Å²) >= 11 is 1.43. The Morgan fingerprint density at radius 2 is 1.91 bits per heavy atom. The molecule has 0 aliphatic carbocycles. The highest BCUT2D eigenvalue weighted by atomic mass is 32.1. The minimum atomic E-state index is -0.0293. The van der Waals surface area contributed by atoms with E-state index in [1.165, 1.54) is 16.9 Å². The van der Waals surface area contributed by atoms with Gasteiger partial charge in [0, 0.05) is 32.5 Å². The molecule has 8 heteroatoms. The Labute approximate surface area is 190 Å². The lowest BCUT2D eigenvalue weighted by molar-refractivity contribution is -0.132. The Morgan fingerprint density at radius 1 is 1.12 bits per heavy atom. The summed E-state index contributed by atoms with van der Waals surface area (Å²) in [5.41, 5.74) is 2.17. The van der Waals surface area contributed by atoms with Crippen LogP contribution in [0.3, 0.4) is 0 Å². The number of fused-ring (bicyclic) bond motifs is 3. The number of aromatic nitrogens is 4. The van der Waals surface area contributed by atoms with Crippen LogP contribution >= 0.6 is 11.3 Å². The van der Waals surface area contributed by atoms with E-state index in [0.717, 1.165) is 43.7 Å². The monoisotopic (exact) mass is 449 g/mol. The molecule has 7 nitrogen and oxygen atoms in total. The van der Waals surface area contributed by atoms with Gasteiger partial charge in [0.25, 0.3) is 5.56 Å². The number of hydrogen-bond donors (Lipinski definition) is 0. The predicted molar refractivity (Wildman–Crippen MR) is 126 cm³/mol. The van der Waals surface area contributed by atoms with Gasteiger partial charge in [-0.05, 0) is 49.1 Å². The third-order valence-corrected chi connectivity index (χ3v) is 7.38. The molecule has 0 spiro atoms. The fourth-order valence-electron chi connectivity index (χ4n) is 4.74. The van der Waals surface area contributed by atoms with Gasteiger partial charge in [0.05, 0.1) is 5.52 Å². The lowest BCUT2D eigenvalue weighted by Crippen LogP contribution is -2.39. The Bertz CT molecular complexity index is 1300. The van der Waals surface area contributed by atoms with E-state index in [9.17, 15) is 9.59 Å². The SMILES string of the molecule is CCn1c(=O)c2sccc2n2c(CCC(=O)N3CCC(Cc4ccccc4)CC3)nnc12. The molecule has 166 valence electrons. The van der Waals surface area contributed by atoms with Crippen LogP contribution in [0, 0.1) is 5.92 Å². The van der Waals surface area contributed by atoms with Crippen molar-refractivity contribution in [3.63, 3.8) is 0 Å². The molecule has 1 aliphatic rings. The number of carbonyl (C=O) groups excluding carboxylic acids is 1. The summed E-state index contributed by atoms with van der Waals surface area (Å²) < 4.78 is 4.29. The summed E-state index contributed by atoms with van der Waals surface area (Å²) in [6.07, 6.45) is 4.10. The van der Waals surface area contributed by atoms with Crippen LogP contribution < -0.4 is 5.56 Å². The van der Waals surface area contributed by atoms with Gasteiger partial charge in [-0.25, -0.2) is 0 Å². The zero-order valence-electron chi connectivity index (χ0n) is 18.2. The first-order valence-corrected chi connectivity index (χ1v) is 12.2. The van der Waals surface area contributed by atoms with E-state index in [1.807, 2.05) is 33.7 Å². The highest BCUT2D eigenvalue weighted by molar-refractivity contribution is 7.17. The molecule has 0 bridgehead atoms. The van der Waals surface area contributed by atoms with Crippen LogP contribution in [0.2, 0.25) is 0 Å². The summed E-state index contributed by atoms with van der Waals surface area (Å²) in [6, 6.07) is 12.5. The van der Waals surface area contributed by atoms with Gasteiger partial charge in [-0.1, -0.05) is 30.3 Å². The van der Waals surface area contributed by atoms with Crippen molar-refractivity contribution in [2.45, 2.75) is 45.6 Å². The van der Waals surface area contributed by atoms with Crippen molar-refractivity contribution in [1.82, 2.24) is 24.1 Å². The number of rotatable bonds is 6. The zero-order valence-corrected chi connectivity index (χ0v) is 19.1. The van der Waals surface area contributed by atoms with Gasteiger partial charge in [-0.15, -0.1) is 21.5 Å². The van der Waals surface area contributed by atoms with Crippen molar-refractivity contribution >= 4 is 33.2 Å². The average molecular weight is 450 g/mol. The van der Waals surface area contributed by atoms with Crippen molar-refractivity contribution in [2.24, 2.45) is 5.92 Å². The van der Waals surface area contributed by atoms with Gasteiger partial charge in [0.2, 0.25) is 11.7 Å². The van der Waals surface area contributed by atoms with Crippen molar-refractivity contribution in [1.29, 1.82) is 0 Å². The summed E-state index contributed by atoms with van der Waals surface area (Å²) in [5, 5.41) is 10.5. The van der Waals surface area contributed by atoms with Crippen LogP contribution in [0.5, 0.6) is 0 Å². The molecular formula is C24H27N5O2S. The van der Waals surface area contributed by atoms with Crippen LogP contribution in [-0.4, -0.2) is 43.1 Å². The molecule has 0 radical (unpaired) electrons. The van der Waals surface area contributed by atoms with Crippen molar-refractivity contribution in [3.8, 4) is 0 Å². The van der Waals surface area contributed by atoms with E-state index in [2.05, 4.69) is 34.5 Å². The maximum Gasteiger partial charge on any atom is 0.272 e. The van der Waals surface area contributed by atoms with Gasteiger partial charge in [0.1, 0.15) is 10.5 Å². The molecule has 32 heavy (non-hydrogen) atoms. The zero-order chi connectivity index (χ0) is 22.1. The second kappa shape index (κ2) is 8.86. The largest absolute Gasteiger partial charge is 0.343 e. The number of piperidine rings is 1. The molecule has 0 N–H and O–H groups in total. The van der Waals surface area contributed by atoms with Gasteiger partial charge in [0.15, 0.2) is 0 Å². The fourth-order valence-corrected chi connectivity index (χ4v) is 5.56. The number of nitrogens with zero attached hydrogens (tertiary/aromatic N) is 5. The normalized spacial score (nSPS) is 15.1. The lowest BCUT2D eigenvalue weighted by Gasteiger charge is -2.32. The first kappa shape index (κ1) is 20.9. The molecule has 4 heterocycles. The molecule has 3 aromatic heterocycles. The van der Waals surface area contributed by atoms with E-state index < -0.39 is 0 Å². The molecule has 1 aliphatic heterocycles. The second-order valence-electron chi connectivity index (χ2n) is 8.45. The van der Waals surface area contributed by atoms with Crippen LogP contribution in [0.1, 0.15) is 37.6 Å². The molecule has 0 unspecified atom stereocenters. The highest BCUT2D eigenvalue weighted by Crippen LogP contribution is 2.23. The van der Waals surface area contributed by atoms with Gasteiger partial charge in [-0.2, -0.15) is 0 Å². The number of hydrogen-bond acceptors (Lipinski definition) is 5. The summed E-state index contributed by atoms with van der Waals surface area (Å²) in [4.78, 5) is 27.6. The standard InChI is InChI=1S/C24H27N5O2S/c1-2-28-23(31)22-19(12-15-32-22)29-20(25-26-24(28)29)8-9-21(30)27-13-10-18(11-14-27)16-17-6-4-3-5-7-17/h3-7,12,15,18H,2,8-11,13-14,16H2,1H3. The number of aryl methyl sites for hydroxylation is 2. The number of carbonyl (C=O) groups is 1. The van der Waals surface area contributed by atoms with Gasteiger partial charge < -0.3 is 4.90 Å². The molecule has 4 aromatic rings. The summed E-state index contributed by atoms with van der Waals surface area (Å²) in [7, 11) is 0. The van der Waals surface area contributed by atoms with Crippen LogP contribution in [0.25, 0.3) is 16.0 Å². The summed E-state index contributed by atoms with van der Waals surface area (Å²) in [6.45, 7) is 4.10. The van der Waals surface area contributed by atoms with Crippen LogP contribution in [-0.2, 0) is 24.2 Å². The first-order valence-electron chi connectivity index (χ1n) is 11.3. The van der Waals surface area contributed by atoms with Crippen LogP contribution in [0.15, 0.2) is 46.6 Å².